The van der Waals surface area contributed by atoms with Crippen LogP contribution in [0.4, 0.5) is 17.5 Å². The average Bonchev–Trinajstić information content (AvgIpc) is 2.44. The van der Waals surface area contributed by atoms with E-state index in [-0.39, 0.29) is 11.5 Å². The number of anilines is 2. The Kier molecular flexibility index (Phi) is 3.99. The molecule has 2 aromatic rings. The molecule has 0 aromatic carbocycles. The maximum absolute atomic E-state index is 10.9. The molecule has 0 saturated carbocycles. The molecule has 2 N–H and O–H groups in total. The van der Waals surface area contributed by atoms with Crippen molar-refractivity contribution in [3.63, 3.8) is 0 Å². The highest BCUT2D eigenvalue weighted by atomic mass is 16.6. The van der Waals surface area contributed by atoms with Gasteiger partial charge < -0.3 is 10.6 Å². The van der Waals surface area contributed by atoms with E-state index in [0.29, 0.717) is 18.3 Å². The predicted octanol–water partition coefficient (Wildman–Crippen LogP) is 1.14. The largest absolute Gasteiger partial charge is 0.359 e. The van der Waals surface area contributed by atoms with Gasteiger partial charge >= 0.3 is 5.69 Å². The second-order valence-corrected chi connectivity index (χ2v) is 3.88. The Balaban J connectivity index is 2.21. The lowest BCUT2D eigenvalue weighted by Gasteiger charge is -2.07. The number of hydrogen-bond donors (Lipinski definition) is 2. The lowest BCUT2D eigenvalue weighted by molar-refractivity contribution is -0.384. The van der Waals surface area contributed by atoms with Crippen LogP contribution in [0.5, 0.6) is 0 Å². The van der Waals surface area contributed by atoms with Crippen LogP contribution in [0, 0.1) is 17.0 Å². The molecule has 0 aliphatic carbocycles. The summed E-state index contributed by atoms with van der Waals surface area (Å²) in [5, 5.41) is 16.5. The molecule has 0 aliphatic rings. The molecule has 0 radical (unpaired) electrons. The van der Waals surface area contributed by atoms with Gasteiger partial charge in [0.2, 0.25) is 11.8 Å². The lowest BCUT2D eigenvalue weighted by atomic mass is 10.4. The van der Waals surface area contributed by atoms with Crippen LogP contribution < -0.4 is 10.6 Å². The van der Waals surface area contributed by atoms with E-state index in [9.17, 15) is 10.1 Å². The molecule has 2 rings (SSSR count). The highest BCUT2D eigenvalue weighted by molar-refractivity contribution is 5.56. The Morgan fingerprint density at radius 1 is 1.35 bits per heavy atom. The average molecular weight is 275 g/mol. The molecular formula is C11H13N7O2. The van der Waals surface area contributed by atoms with Gasteiger partial charge in [-0.1, -0.05) is 0 Å². The number of aromatic nitrogens is 4. The van der Waals surface area contributed by atoms with Gasteiger partial charge in [0, 0.05) is 13.2 Å². The molecular weight excluding hydrogens is 262 g/mol. The van der Waals surface area contributed by atoms with Crippen molar-refractivity contribution in [1.82, 2.24) is 19.9 Å². The van der Waals surface area contributed by atoms with Crippen molar-refractivity contribution in [3.8, 4) is 0 Å². The zero-order chi connectivity index (χ0) is 14.5. The number of rotatable bonds is 5. The minimum absolute atomic E-state index is 0.144. The maximum atomic E-state index is 10.9. The van der Waals surface area contributed by atoms with Gasteiger partial charge in [-0.05, 0) is 13.0 Å². The van der Waals surface area contributed by atoms with Crippen LogP contribution in [-0.2, 0) is 6.54 Å². The van der Waals surface area contributed by atoms with Crippen molar-refractivity contribution in [2.24, 2.45) is 0 Å². The van der Waals surface area contributed by atoms with Gasteiger partial charge in [-0.15, -0.1) is 0 Å². The summed E-state index contributed by atoms with van der Waals surface area (Å²) in [6, 6.07) is 1.73. The van der Waals surface area contributed by atoms with Crippen LogP contribution in [-0.4, -0.2) is 31.9 Å². The standard InChI is InChI=1S/C11H13N7O2/c1-7-13-4-3-8(16-7)5-14-10-9(18(19)20)6-15-11(12-2)17-10/h3-4,6H,5H2,1-2H3,(H2,12,14,15,17). The summed E-state index contributed by atoms with van der Waals surface area (Å²) in [4.78, 5) is 26.4. The first kappa shape index (κ1) is 13.6. The van der Waals surface area contributed by atoms with Crippen molar-refractivity contribution < 1.29 is 4.92 Å². The van der Waals surface area contributed by atoms with E-state index >= 15 is 0 Å². The molecule has 0 aliphatic heterocycles. The summed E-state index contributed by atoms with van der Waals surface area (Å²) >= 11 is 0. The van der Waals surface area contributed by atoms with Gasteiger partial charge in [0.25, 0.3) is 0 Å². The van der Waals surface area contributed by atoms with Gasteiger partial charge in [-0.3, -0.25) is 10.1 Å². The second kappa shape index (κ2) is 5.87. The van der Waals surface area contributed by atoms with Crippen molar-refractivity contribution in [1.29, 1.82) is 0 Å². The van der Waals surface area contributed by atoms with E-state index in [1.54, 1.807) is 26.2 Å². The molecule has 2 heterocycles. The molecule has 0 bridgehead atoms. The van der Waals surface area contributed by atoms with Crippen LogP contribution >= 0.6 is 0 Å². The van der Waals surface area contributed by atoms with Crippen LogP contribution in [0.2, 0.25) is 0 Å². The molecule has 2 aromatic heterocycles. The smallest absolute Gasteiger partial charge is 0.329 e. The van der Waals surface area contributed by atoms with E-state index < -0.39 is 4.92 Å². The Hall–Kier alpha value is -2.84. The monoisotopic (exact) mass is 275 g/mol. The third-order valence-corrected chi connectivity index (χ3v) is 2.46. The number of nitrogens with zero attached hydrogens (tertiary/aromatic N) is 5. The number of nitrogens with one attached hydrogen (secondary N) is 2. The molecule has 20 heavy (non-hydrogen) atoms. The topological polar surface area (TPSA) is 119 Å². The fourth-order valence-corrected chi connectivity index (χ4v) is 1.54. The Morgan fingerprint density at radius 2 is 2.15 bits per heavy atom. The fourth-order valence-electron chi connectivity index (χ4n) is 1.54. The highest BCUT2D eigenvalue weighted by Gasteiger charge is 2.16. The van der Waals surface area contributed by atoms with Crippen molar-refractivity contribution in [2.75, 3.05) is 17.7 Å². The first-order chi connectivity index (χ1) is 9.60. The minimum atomic E-state index is -0.535. The minimum Gasteiger partial charge on any atom is -0.359 e. The van der Waals surface area contributed by atoms with E-state index in [1.807, 2.05) is 0 Å². The number of nitro groups is 1. The van der Waals surface area contributed by atoms with E-state index in [2.05, 4.69) is 30.6 Å². The van der Waals surface area contributed by atoms with Gasteiger partial charge in [-0.25, -0.2) is 15.0 Å². The molecule has 104 valence electrons. The third kappa shape index (κ3) is 3.13. The summed E-state index contributed by atoms with van der Waals surface area (Å²) < 4.78 is 0. The van der Waals surface area contributed by atoms with Crippen LogP contribution in [0.15, 0.2) is 18.5 Å². The molecule has 9 heteroatoms. The molecule has 0 fully saturated rings. The number of aryl methyl sites for hydroxylation is 1. The summed E-state index contributed by atoms with van der Waals surface area (Å²) in [6.07, 6.45) is 2.79. The fraction of sp³-hybridized carbons (Fsp3) is 0.273. The van der Waals surface area contributed by atoms with Crippen LogP contribution in [0.1, 0.15) is 11.5 Å². The molecule has 0 amide bonds. The van der Waals surface area contributed by atoms with E-state index in [1.165, 1.54) is 0 Å². The van der Waals surface area contributed by atoms with Gasteiger partial charge in [0.15, 0.2) is 0 Å². The number of hydrogen-bond acceptors (Lipinski definition) is 8. The molecule has 0 saturated heterocycles. The third-order valence-electron chi connectivity index (χ3n) is 2.46. The zero-order valence-electron chi connectivity index (χ0n) is 11.0. The summed E-state index contributed by atoms with van der Waals surface area (Å²) in [7, 11) is 1.64. The van der Waals surface area contributed by atoms with Crippen molar-refractivity contribution in [3.05, 3.63) is 40.1 Å². The molecule has 9 nitrogen and oxygen atoms in total. The van der Waals surface area contributed by atoms with Crippen molar-refractivity contribution >= 4 is 17.5 Å². The van der Waals surface area contributed by atoms with Gasteiger partial charge in [0.1, 0.15) is 12.0 Å². The van der Waals surface area contributed by atoms with E-state index in [0.717, 1.165) is 11.9 Å². The van der Waals surface area contributed by atoms with Gasteiger partial charge in [0.05, 0.1) is 17.2 Å². The Bertz CT molecular complexity index is 632. The van der Waals surface area contributed by atoms with Crippen LogP contribution in [0.25, 0.3) is 0 Å². The predicted molar refractivity (Wildman–Crippen MR) is 72.3 cm³/mol. The van der Waals surface area contributed by atoms with Crippen LogP contribution in [0.3, 0.4) is 0 Å². The zero-order valence-corrected chi connectivity index (χ0v) is 11.0. The molecule has 0 spiro atoms. The maximum Gasteiger partial charge on any atom is 0.329 e. The SMILES string of the molecule is CNc1ncc([N+](=O)[O-])c(NCc2ccnc(C)n2)n1. The van der Waals surface area contributed by atoms with Gasteiger partial charge in [-0.2, -0.15) is 4.98 Å². The highest BCUT2D eigenvalue weighted by Crippen LogP contribution is 2.22. The van der Waals surface area contributed by atoms with Crippen molar-refractivity contribution in [2.45, 2.75) is 13.5 Å². The first-order valence-corrected chi connectivity index (χ1v) is 5.81. The summed E-state index contributed by atoms with van der Waals surface area (Å²) in [5.41, 5.74) is 0.534. The molecule has 0 atom stereocenters. The normalized spacial score (nSPS) is 10.1. The second-order valence-electron chi connectivity index (χ2n) is 3.88. The summed E-state index contributed by atoms with van der Waals surface area (Å²) in [6.45, 7) is 2.08. The Morgan fingerprint density at radius 3 is 2.80 bits per heavy atom. The van der Waals surface area contributed by atoms with E-state index in [4.69, 9.17) is 0 Å². The quantitative estimate of drug-likeness (QED) is 0.615. The Labute approximate surface area is 114 Å². The molecule has 0 unspecified atom stereocenters. The first-order valence-electron chi connectivity index (χ1n) is 5.81. The lowest BCUT2D eigenvalue weighted by Crippen LogP contribution is -2.09. The summed E-state index contributed by atoms with van der Waals surface area (Å²) in [5.74, 6) is 1.08.